The molecule has 24 heavy (non-hydrogen) atoms. The Balaban J connectivity index is 1.53. The number of aromatic amines is 1. The third-order valence-electron chi connectivity index (χ3n) is 3.85. The van der Waals surface area contributed by atoms with E-state index in [9.17, 15) is 0 Å². The highest BCUT2D eigenvalue weighted by Crippen LogP contribution is 2.23. The van der Waals surface area contributed by atoms with Crippen molar-refractivity contribution in [3.8, 4) is 11.4 Å². The average molecular weight is 383 g/mol. The van der Waals surface area contributed by atoms with Gasteiger partial charge in [-0.2, -0.15) is 0 Å². The van der Waals surface area contributed by atoms with Crippen molar-refractivity contribution >= 4 is 32.8 Å². The summed E-state index contributed by atoms with van der Waals surface area (Å²) in [5.74, 6) is 0.814. The zero-order valence-electron chi connectivity index (χ0n) is 13.0. The predicted octanol–water partition coefficient (Wildman–Crippen LogP) is 3.73. The SMILES string of the molecule is Cn1cncc1CNc1ccc(-c2nc3ncc(Br)cc3[nH]2)cc1. The second kappa shape index (κ2) is 6.09. The van der Waals surface area contributed by atoms with Crippen molar-refractivity contribution in [2.75, 3.05) is 5.32 Å². The molecule has 0 bridgehead atoms. The molecule has 1 aromatic carbocycles. The molecule has 4 aromatic rings. The smallest absolute Gasteiger partial charge is 0.178 e. The van der Waals surface area contributed by atoms with Gasteiger partial charge in [0.1, 0.15) is 5.82 Å². The molecule has 0 saturated carbocycles. The van der Waals surface area contributed by atoms with Gasteiger partial charge in [0.2, 0.25) is 0 Å². The summed E-state index contributed by atoms with van der Waals surface area (Å²) in [5, 5.41) is 3.39. The van der Waals surface area contributed by atoms with Crippen LogP contribution in [0.1, 0.15) is 5.69 Å². The van der Waals surface area contributed by atoms with Crippen LogP contribution >= 0.6 is 15.9 Å². The molecule has 0 aliphatic heterocycles. The van der Waals surface area contributed by atoms with E-state index in [2.05, 4.69) is 41.2 Å². The molecule has 7 heteroatoms. The van der Waals surface area contributed by atoms with E-state index >= 15 is 0 Å². The van der Waals surface area contributed by atoms with Crippen molar-refractivity contribution in [3.05, 3.63) is 59.2 Å². The molecule has 6 nitrogen and oxygen atoms in total. The summed E-state index contributed by atoms with van der Waals surface area (Å²) in [5.41, 5.74) is 4.84. The summed E-state index contributed by atoms with van der Waals surface area (Å²) in [6, 6.07) is 10.1. The average Bonchev–Trinajstić information content (AvgIpc) is 3.19. The molecule has 4 rings (SSSR count). The van der Waals surface area contributed by atoms with E-state index in [0.29, 0.717) is 5.65 Å². The molecule has 2 N–H and O–H groups in total. The molecule has 0 amide bonds. The predicted molar refractivity (Wildman–Crippen MR) is 97.6 cm³/mol. The number of aryl methyl sites for hydroxylation is 1. The van der Waals surface area contributed by atoms with Gasteiger partial charge >= 0.3 is 0 Å². The van der Waals surface area contributed by atoms with Crippen LogP contribution in [-0.2, 0) is 13.6 Å². The van der Waals surface area contributed by atoms with E-state index in [4.69, 9.17) is 0 Å². The van der Waals surface area contributed by atoms with Gasteiger partial charge in [-0.1, -0.05) is 0 Å². The maximum absolute atomic E-state index is 4.53. The molecule has 0 atom stereocenters. The largest absolute Gasteiger partial charge is 0.379 e. The summed E-state index contributed by atoms with van der Waals surface area (Å²) in [6.45, 7) is 0.735. The number of hydrogen-bond acceptors (Lipinski definition) is 4. The van der Waals surface area contributed by atoms with Crippen molar-refractivity contribution < 1.29 is 0 Å². The molecule has 0 saturated heterocycles. The summed E-state index contributed by atoms with van der Waals surface area (Å²) >= 11 is 3.42. The molecule has 0 radical (unpaired) electrons. The van der Waals surface area contributed by atoms with Crippen molar-refractivity contribution in [1.29, 1.82) is 0 Å². The Labute approximate surface area is 147 Å². The Morgan fingerprint density at radius 2 is 2.04 bits per heavy atom. The minimum Gasteiger partial charge on any atom is -0.379 e. The van der Waals surface area contributed by atoms with E-state index in [-0.39, 0.29) is 0 Å². The fourth-order valence-corrected chi connectivity index (χ4v) is 2.84. The molecule has 3 heterocycles. The fourth-order valence-electron chi connectivity index (χ4n) is 2.50. The first-order valence-electron chi connectivity index (χ1n) is 7.50. The number of nitrogens with one attached hydrogen (secondary N) is 2. The molecule has 0 fully saturated rings. The molecule has 0 aliphatic rings. The van der Waals surface area contributed by atoms with Crippen LogP contribution in [0.3, 0.4) is 0 Å². The number of imidazole rings is 2. The van der Waals surface area contributed by atoms with Gasteiger partial charge in [-0.15, -0.1) is 0 Å². The molecule has 0 aliphatic carbocycles. The highest BCUT2D eigenvalue weighted by molar-refractivity contribution is 9.10. The molecule has 3 aromatic heterocycles. The van der Waals surface area contributed by atoms with Gasteiger partial charge in [0.05, 0.1) is 24.1 Å². The number of H-pyrrole nitrogens is 1. The highest BCUT2D eigenvalue weighted by atomic mass is 79.9. The number of pyridine rings is 1. The number of nitrogens with zero attached hydrogens (tertiary/aromatic N) is 4. The van der Waals surface area contributed by atoms with Crippen molar-refractivity contribution in [2.45, 2.75) is 6.54 Å². The van der Waals surface area contributed by atoms with Gasteiger partial charge in [0, 0.05) is 35.2 Å². The summed E-state index contributed by atoms with van der Waals surface area (Å²) in [6.07, 6.45) is 5.41. The van der Waals surface area contributed by atoms with Crippen LogP contribution in [0.4, 0.5) is 5.69 Å². The van der Waals surface area contributed by atoms with E-state index in [1.165, 1.54) is 0 Å². The first-order valence-corrected chi connectivity index (χ1v) is 8.29. The van der Waals surface area contributed by atoms with E-state index in [0.717, 1.165) is 39.3 Å². The molecule has 120 valence electrons. The first-order chi connectivity index (χ1) is 11.7. The van der Waals surface area contributed by atoms with Crippen LogP contribution < -0.4 is 5.32 Å². The third kappa shape index (κ3) is 2.90. The van der Waals surface area contributed by atoms with Gasteiger partial charge in [-0.3, -0.25) is 0 Å². The number of fused-ring (bicyclic) bond motifs is 1. The standard InChI is InChI=1S/C17H15BrN6/c1-24-10-19-8-14(24)9-20-13-4-2-11(3-5-13)16-22-15-6-12(18)7-21-17(15)23-16/h2-8,10,20H,9H2,1H3,(H,21,22,23). The van der Waals surface area contributed by atoms with Crippen molar-refractivity contribution in [2.24, 2.45) is 7.05 Å². The lowest BCUT2D eigenvalue weighted by atomic mass is 10.2. The van der Waals surface area contributed by atoms with Crippen molar-refractivity contribution in [3.63, 3.8) is 0 Å². The van der Waals surface area contributed by atoms with Crippen LogP contribution in [0.25, 0.3) is 22.6 Å². The Bertz CT molecular complexity index is 986. The molecular weight excluding hydrogens is 368 g/mol. The van der Waals surface area contributed by atoms with E-state index in [1.807, 2.05) is 48.1 Å². The Kier molecular flexibility index (Phi) is 3.78. The summed E-state index contributed by atoms with van der Waals surface area (Å²) in [7, 11) is 1.99. The quantitative estimate of drug-likeness (QED) is 0.563. The second-order valence-corrected chi connectivity index (χ2v) is 6.45. The lowest BCUT2D eigenvalue weighted by Gasteiger charge is -2.07. The number of aromatic nitrogens is 5. The van der Waals surface area contributed by atoms with Gasteiger partial charge in [0.25, 0.3) is 0 Å². The van der Waals surface area contributed by atoms with E-state index in [1.54, 1.807) is 12.5 Å². The summed E-state index contributed by atoms with van der Waals surface area (Å²) < 4.78 is 2.93. The topological polar surface area (TPSA) is 71.4 Å². The maximum Gasteiger partial charge on any atom is 0.178 e. The Hall–Kier alpha value is -2.67. The lowest BCUT2D eigenvalue weighted by molar-refractivity contribution is 0.837. The minimum absolute atomic E-state index is 0.714. The number of halogens is 1. The van der Waals surface area contributed by atoms with E-state index < -0.39 is 0 Å². The highest BCUT2D eigenvalue weighted by Gasteiger charge is 2.07. The number of hydrogen-bond donors (Lipinski definition) is 2. The molecule has 0 unspecified atom stereocenters. The molecular formula is C17H15BrN6. The van der Waals surface area contributed by atoms with Crippen LogP contribution in [0.15, 0.2) is 53.5 Å². The second-order valence-electron chi connectivity index (χ2n) is 5.54. The van der Waals surface area contributed by atoms with Gasteiger partial charge in [0.15, 0.2) is 5.65 Å². The fraction of sp³-hybridized carbons (Fsp3) is 0.118. The third-order valence-corrected chi connectivity index (χ3v) is 4.29. The molecule has 0 spiro atoms. The summed E-state index contributed by atoms with van der Waals surface area (Å²) in [4.78, 5) is 16.2. The van der Waals surface area contributed by atoms with Gasteiger partial charge in [-0.25, -0.2) is 15.0 Å². The lowest BCUT2D eigenvalue weighted by Crippen LogP contribution is -2.03. The van der Waals surface area contributed by atoms with Gasteiger partial charge < -0.3 is 14.9 Å². The van der Waals surface area contributed by atoms with Crippen LogP contribution in [0.2, 0.25) is 0 Å². The van der Waals surface area contributed by atoms with Crippen LogP contribution in [0.5, 0.6) is 0 Å². The minimum atomic E-state index is 0.714. The maximum atomic E-state index is 4.53. The number of rotatable bonds is 4. The van der Waals surface area contributed by atoms with Crippen LogP contribution in [-0.4, -0.2) is 24.5 Å². The monoisotopic (exact) mass is 382 g/mol. The zero-order chi connectivity index (χ0) is 16.5. The first kappa shape index (κ1) is 14.9. The number of benzene rings is 1. The van der Waals surface area contributed by atoms with Crippen LogP contribution in [0, 0.1) is 0 Å². The van der Waals surface area contributed by atoms with Crippen molar-refractivity contribution in [1.82, 2.24) is 24.5 Å². The Morgan fingerprint density at radius 3 is 2.79 bits per heavy atom. The Morgan fingerprint density at radius 1 is 1.21 bits per heavy atom. The van der Waals surface area contributed by atoms with Gasteiger partial charge in [-0.05, 0) is 46.3 Å². The zero-order valence-corrected chi connectivity index (χ0v) is 14.6. The number of anilines is 1. The normalized spacial score (nSPS) is 11.1.